The highest BCUT2D eigenvalue weighted by atomic mass is 32.2. The monoisotopic (exact) mass is 308 g/mol. The van der Waals surface area contributed by atoms with Crippen LogP contribution in [0.3, 0.4) is 0 Å². The Bertz CT molecular complexity index is 800. The SMILES string of the molecule is N#Cc1cc(F)ccc1NS(=O)(=O)c1cnc(NN)nc1. The Balaban J connectivity index is 2.35. The van der Waals surface area contributed by atoms with Crippen molar-refractivity contribution in [1.29, 1.82) is 5.26 Å². The average molecular weight is 308 g/mol. The molecule has 1 heterocycles. The predicted octanol–water partition coefficient (Wildman–Crippen LogP) is 0.574. The molecule has 0 bridgehead atoms. The molecule has 10 heteroatoms. The molecule has 2 rings (SSSR count). The fraction of sp³-hybridized carbons (Fsp3) is 0. The van der Waals surface area contributed by atoms with Crippen molar-refractivity contribution in [3.63, 3.8) is 0 Å². The quantitative estimate of drug-likeness (QED) is 0.555. The van der Waals surface area contributed by atoms with Crippen LogP contribution in [-0.4, -0.2) is 18.4 Å². The van der Waals surface area contributed by atoms with E-state index in [0.717, 1.165) is 30.6 Å². The molecule has 8 nitrogen and oxygen atoms in total. The van der Waals surface area contributed by atoms with Crippen LogP contribution >= 0.6 is 0 Å². The maximum absolute atomic E-state index is 13.0. The molecule has 0 spiro atoms. The predicted molar refractivity (Wildman–Crippen MR) is 71.8 cm³/mol. The number of nitrogen functional groups attached to an aromatic ring is 1. The van der Waals surface area contributed by atoms with Gasteiger partial charge in [0.05, 0.1) is 23.6 Å². The molecular formula is C11H9FN6O2S. The van der Waals surface area contributed by atoms with Crippen LogP contribution in [0.15, 0.2) is 35.5 Å². The molecule has 21 heavy (non-hydrogen) atoms. The Hall–Kier alpha value is -2.77. The minimum atomic E-state index is -4.00. The number of halogens is 1. The van der Waals surface area contributed by atoms with Gasteiger partial charge in [-0.25, -0.2) is 28.6 Å². The Morgan fingerprint density at radius 1 is 1.29 bits per heavy atom. The highest BCUT2D eigenvalue weighted by Gasteiger charge is 2.17. The van der Waals surface area contributed by atoms with Crippen molar-refractivity contribution in [2.75, 3.05) is 10.1 Å². The molecule has 0 amide bonds. The fourth-order valence-electron chi connectivity index (χ4n) is 1.43. The summed E-state index contributed by atoms with van der Waals surface area (Å²) in [5.74, 6) is 4.48. The number of nitrogens with one attached hydrogen (secondary N) is 2. The van der Waals surface area contributed by atoms with Crippen molar-refractivity contribution in [3.05, 3.63) is 42.0 Å². The van der Waals surface area contributed by atoms with Gasteiger partial charge in [-0.15, -0.1) is 0 Å². The van der Waals surface area contributed by atoms with Crippen LogP contribution in [0.25, 0.3) is 0 Å². The second-order valence-corrected chi connectivity index (χ2v) is 5.48. The van der Waals surface area contributed by atoms with Gasteiger partial charge in [0.15, 0.2) is 0 Å². The summed E-state index contributed by atoms with van der Waals surface area (Å²) >= 11 is 0. The highest BCUT2D eigenvalue weighted by Crippen LogP contribution is 2.20. The van der Waals surface area contributed by atoms with E-state index in [1.807, 2.05) is 0 Å². The van der Waals surface area contributed by atoms with Crippen molar-refractivity contribution in [2.45, 2.75) is 4.90 Å². The Morgan fingerprint density at radius 3 is 2.52 bits per heavy atom. The van der Waals surface area contributed by atoms with E-state index < -0.39 is 15.8 Å². The van der Waals surface area contributed by atoms with Crippen LogP contribution in [-0.2, 0) is 10.0 Å². The standard InChI is InChI=1S/C11H9FN6O2S/c12-8-1-2-10(7(3-8)4-13)18-21(19,20)9-5-15-11(17-14)16-6-9/h1-3,5-6,18H,14H2,(H,15,16,17). The summed E-state index contributed by atoms with van der Waals surface area (Å²) in [5.41, 5.74) is 1.98. The molecule has 0 aliphatic rings. The first-order chi connectivity index (χ1) is 9.96. The number of hydrogen-bond acceptors (Lipinski definition) is 7. The minimum absolute atomic E-state index is 0.0417. The van der Waals surface area contributed by atoms with E-state index in [-0.39, 0.29) is 22.1 Å². The number of hydrazine groups is 1. The van der Waals surface area contributed by atoms with E-state index in [2.05, 4.69) is 20.1 Å². The zero-order chi connectivity index (χ0) is 15.5. The third-order valence-corrected chi connectivity index (χ3v) is 3.73. The molecule has 1 aromatic carbocycles. The molecule has 0 atom stereocenters. The topological polar surface area (TPSA) is 134 Å². The number of rotatable bonds is 4. The first-order valence-electron chi connectivity index (χ1n) is 5.47. The van der Waals surface area contributed by atoms with Gasteiger partial charge in [0.25, 0.3) is 10.0 Å². The van der Waals surface area contributed by atoms with Gasteiger partial charge < -0.3 is 0 Å². The van der Waals surface area contributed by atoms with Gasteiger partial charge in [0.2, 0.25) is 5.95 Å². The lowest BCUT2D eigenvalue weighted by Crippen LogP contribution is -2.16. The number of anilines is 2. The Morgan fingerprint density at radius 2 is 1.95 bits per heavy atom. The molecule has 1 aromatic heterocycles. The summed E-state index contributed by atoms with van der Waals surface area (Å²) in [6.45, 7) is 0. The summed E-state index contributed by atoms with van der Waals surface area (Å²) in [6.07, 6.45) is 2.08. The van der Waals surface area contributed by atoms with Gasteiger partial charge in [0.1, 0.15) is 16.8 Å². The van der Waals surface area contributed by atoms with E-state index in [0.29, 0.717) is 0 Å². The third-order valence-electron chi connectivity index (χ3n) is 2.41. The van der Waals surface area contributed by atoms with Crippen LogP contribution in [0.1, 0.15) is 5.56 Å². The average Bonchev–Trinajstić information content (AvgIpc) is 2.49. The zero-order valence-electron chi connectivity index (χ0n) is 10.4. The molecule has 0 radical (unpaired) electrons. The first kappa shape index (κ1) is 14.6. The normalized spacial score (nSPS) is 10.7. The minimum Gasteiger partial charge on any atom is -0.292 e. The number of benzene rings is 1. The second-order valence-electron chi connectivity index (χ2n) is 3.79. The Kier molecular flexibility index (Phi) is 3.97. The molecule has 0 saturated heterocycles. The maximum Gasteiger partial charge on any atom is 0.265 e. The van der Waals surface area contributed by atoms with Crippen molar-refractivity contribution in [1.82, 2.24) is 9.97 Å². The highest BCUT2D eigenvalue weighted by molar-refractivity contribution is 7.92. The van der Waals surface area contributed by atoms with Crippen LogP contribution < -0.4 is 16.0 Å². The lowest BCUT2D eigenvalue weighted by molar-refractivity contribution is 0.600. The van der Waals surface area contributed by atoms with E-state index in [1.165, 1.54) is 0 Å². The van der Waals surface area contributed by atoms with E-state index in [4.69, 9.17) is 11.1 Å². The van der Waals surface area contributed by atoms with Crippen molar-refractivity contribution in [3.8, 4) is 6.07 Å². The number of aromatic nitrogens is 2. The maximum atomic E-state index is 13.0. The largest absolute Gasteiger partial charge is 0.292 e. The van der Waals surface area contributed by atoms with E-state index >= 15 is 0 Å². The Labute approximate surface area is 119 Å². The van der Waals surface area contributed by atoms with Crippen LogP contribution in [0.5, 0.6) is 0 Å². The first-order valence-corrected chi connectivity index (χ1v) is 6.96. The molecule has 0 unspecified atom stereocenters. The summed E-state index contributed by atoms with van der Waals surface area (Å²) in [7, 11) is -4.00. The molecule has 0 saturated carbocycles. The molecule has 0 fully saturated rings. The smallest absolute Gasteiger partial charge is 0.265 e. The van der Waals surface area contributed by atoms with Gasteiger partial charge in [0, 0.05) is 0 Å². The number of nitriles is 1. The van der Waals surface area contributed by atoms with Crippen molar-refractivity contribution >= 4 is 21.7 Å². The summed E-state index contributed by atoms with van der Waals surface area (Å²) in [6, 6.07) is 4.82. The van der Waals surface area contributed by atoms with E-state index in [9.17, 15) is 12.8 Å². The van der Waals surface area contributed by atoms with Crippen molar-refractivity contribution < 1.29 is 12.8 Å². The second kappa shape index (κ2) is 5.70. The summed E-state index contributed by atoms with van der Waals surface area (Å²) in [5, 5.41) is 8.88. The third kappa shape index (κ3) is 3.22. The number of nitrogens with two attached hydrogens (primary N) is 1. The zero-order valence-corrected chi connectivity index (χ0v) is 11.2. The van der Waals surface area contributed by atoms with Crippen LogP contribution in [0.4, 0.5) is 16.0 Å². The molecular weight excluding hydrogens is 299 g/mol. The van der Waals surface area contributed by atoms with E-state index in [1.54, 1.807) is 6.07 Å². The van der Waals surface area contributed by atoms with Gasteiger partial charge in [-0.05, 0) is 18.2 Å². The van der Waals surface area contributed by atoms with Gasteiger partial charge in [-0.3, -0.25) is 10.1 Å². The number of sulfonamides is 1. The molecule has 4 N–H and O–H groups in total. The summed E-state index contributed by atoms with van der Waals surface area (Å²) < 4.78 is 39.4. The molecule has 0 aliphatic heterocycles. The summed E-state index contributed by atoms with van der Waals surface area (Å²) in [4.78, 5) is 7.11. The van der Waals surface area contributed by atoms with Crippen LogP contribution in [0.2, 0.25) is 0 Å². The van der Waals surface area contributed by atoms with Gasteiger partial charge in [-0.1, -0.05) is 0 Å². The van der Waals surface area contributed by atoms with Gasteiger partial charge in [-0.2, -0.15) is 5.26 Å². The molecule has 0 aliphatic carbocycles. The fourth-order valence-corrected chi connectivity index (χ4v) is 2.40. The lowest BCUT2D eigenvalue weighted by atomic mass is 10.2. The number of nitrogens with zero attached hydrogens (tertiary/aromatic N) is 3. The number of hydrogen-bond donors (Lipinski definition) is 3. The van der Waals surface area contributed by atoms with Gasteiger partial charge >= 0.3 is 0 Å². The molecule has 2 aromatic rings. The molecule has 108 valence electrons. The lowest BCUT2D eigenvalue weighted by Gasteiger charge is -2.09. The van der Waals surface area contributed by atoms with Crippen molar-refractivity contribution in [2.24, 2.45) is 5.84 Å². The van der Waals surface area contributed by atoms with Crippen LogP contribution in [0, 0.1) is 17.1 Å².